The lowest BCUT2D eigenvalue weighted by atomic mass is 9.99. The van der Waals surface area contributed by atoms with Crippen LogP contribution in [-0.4, -0.2) is 48.1 Å². The van der Waals surface area contributed by atoms with Gasteiger partial charge >= 0.3 is 6.18 Å². The monoisotopic (exact) mass is 481 g/mol. The smallest absolute Gasteiger partial charge is 0.416 e. The predicted octanol–water partition coefficient (Wildman–Crippen LogP) is 5.47. The topological polar surface area (TPSA) is 49.8 Å². The second-order valence-electron chi connectivity index (χ2n) is 8.50. The number of hydrogen-bond donors (Lipinski definition) is 1. The number of nitrogens with zero attached hydrogens (tertiary/aromatic N) is 1. The standard InChI is InChI=1S/C28H26F3NO3/c29-28(30,31)24-8-4-7-23(17-24)27(34)22-9-11-26(12-10-22)35-19-25(33)18-32-15-13-21(14-16-32)20-5-2-1-3-6-20/h1-13,17,25,33H,14-16,18-19H2. The minimum absolute atomic E-state index is 0.0325. The Morgan fingerprint density at radius 1 is 0.971 bits per heavy atom. The van der Waals surface area contributed by atoms with Gasteiger partial charge in [-0.15, -0.1) is 0 Å². The van der Waals surface area contributed by atoms with Crippen molar-refractivity contribution in [2.45, 2.75) is 18.7 Å². The highest BCUT2D eigenvalue weighted by Crippen LogP contribution is 2.30. The number of aliphatic hydroxyl groups excluding tert-OH is 1. The highest BCUT2D eigenvalue weighted by Gasteiger charge is 2.31. The number of hydrogen-bond acceptors (Lipinski definition) is 4. The van der Waals surface area contributed by atoms with Crippen LogP contribution >= 0.6 is 0 Å². The first kappa shape index (κ1) is 24.7. The summed E-state index contributed by atoms with van der Waals surface area (Å²) in [7, 11) is 0. The molecule has 0 fully saturated rings. The third-order valence-electron chi connectivity index (χ3n) is 5.92. The van der Waals surface area contributed by atoms with Crippen molar-refractivity contribution in [2.24, 2.45) is 0 Å². The lowest BCUT2D eigenvalue weighted by molar-refractivity contribution is -0.137. The highest BCUT2D eigenvalue weighted by atomic mass is 19.4. The molecule has 182 valence electrons. The molecule has 1 heterocycles. The summed E-state index contributed by atoms with van der Waals surface area (Å²) in [4.78, 5) is 14.7. The Morgan fingerprint density at radius 3 is 2.37 bits per heavy atom. The van der Waals surface area contributed by atoms with Gasteiger partial charge in [-0.25, -0.2) is 0 Å². The summed E-state index contributed by atoms with van der Waals surface area (Å²) in [5, 5.41) is 10.4. The molecule has 3 aromatic carbocycles. The largest absolute Gasteiger partial charge is 0.491 e. The Kier molecular flexibility index (Phi) is 7.68. The first-order valence-corrected chi connectivity index (χ1v) is 11.4. The number of rotatable bonds is 8. The van der Waals surface area contributed by atoms with Gasteiger partial charge in [0.1, 0.15) is 18.5 Å². The second-order valence-corrected chi connectivity index (χ2v) is 8.50. The fourth-order valence-electron chi connectivity index (χ4n) is 4.04. The molecule has 1 aliphatic heterocycles. The SMILES string of the molecule is O=C(c1ccc(OCC(O)CN2CC=C(c3ccccc3)CC2)cc1)c1cccc(C(F)(F)F)c1. The molecule has 4 rings (SSSR count). The fraction of sp³-hybridized carbons (Fsp3) is 0.250. The van der Waals surface area contributed by atoms with Crippen molar-refractivity contribution in [1.29, 1.82) is 0 Å². The van der Waals surface area contributed by atoms with Crippen molar-refractivity contribution in [1.82, 2.24) is 4.90 Å². The van der Waals surface area contributed by atoms with Crippen LogP contribution in [0.4, 0.5) is 13.2 Å². The van der Waals surface area contributed by atoms with Crippen LogP contribution in [0.5, 0.6) is 5.75 Å². The zero-order valence-corrected chi connectivity index (χ0v) is 19.0. The van der Waals surface area contributed by atoms with Gasteiger partial charge in [-0.2, -0.15) is 13.2 Å². The first-order valence-electron chi connectivity index (χ1n) is 11.4. The minimum Gasteiger partial charge on any atom is -0.491 e. The van der Waals surface area contributed by atoms with E-state index in [1.54, 1.807) is 12.1 Å². The normalized spacial score (nSPS) is 15.4. The number of ether oxygens (including phenoxy) is 1. The molecule has 0 saturated heterocycles. The molecule has 35 heavy (non-hydrogen) atoms. The average molecular weight is 482 g/mol. The Labute approximate surface area is 202 Å². The van der Waals surface area contributed by atoms with E-state index in [9.17, 15) is 23.1 Å². The molecule has 0 amide bonds. The zero-order valence-electron chi connectivity index (χ0n) is 19.0. The molecule has 0 spiro atoms. The summed E-state index contributed by atoms with van der Waals surface area (Å²) in [6, 6.07) is 20.8. The third kappa shape index (κ3) is 6.59. The van der Waals surface area contributed by atoms with Crippen molar-refractivity contribution in [3.05, 3.63) is 107 Å². The van der Waals surface area contributed by atoms with E-state index in [-0.39, 0.29) is 17.7 Å². The van der Waals surface area contributed by atoms with Crippen LogP contribution < -0.4 is 4.74 Å². The molecule has 4 nitrogen and oxygen atoms in total. The van der Waals surface area contributed by atoms with Gasteiger partial charge in [-0.05, 0) is 54.0 Å². The van der Waals surface area contributed by atoms with E-state index in [2.05, 4.69) is 23.1 Å². The molecule has 3 aromatic rings. The molecule has 1 N–H and O–H groups in total. The summed E-state index contributed by atoms with van der Waals surface area (Å²) in [5.41, 5.74) is 1.90. The number of carbonyl (C=O) groups excluding carboxylic acids is 1. The first-order chi connectivity index (χ1) is 16.8. The van der Waals surface area contributed by atoms with Crippen LogP contribution in [0.25, 0.3) is 5.57 Å². The second kappa shape index (κ2) is 10.9. The van der Waals surface area contributed by atoms with E-state index in [1.807, 2.05) is 18.2 Å². The van der Waals surface area contributed by atoms with E-state index in [0.29, 0.717) is 12.3 Å². The van der Waals surface area contributed by atoms with Crippen molar-refractivity contribution < 1.29 is 27.8 Å². The molecule has 0 saturated carbocycles. The average Bonchev–Trinajstić information content (AvgIpc) is 2.88. The number of halogens is 3. The van der Waals surface area contributed by atoms with Gasteiger partial charge in [-0.1, -0.05) is 48.5 Å². The molecule has 1 aliphatic rings. The van der Waals surface area contributed by atoms with E-state index >= 15 is 0 Å². The van der Waals surface area contributed by atoms with E-state index < -0.39 is 23.6 Å². The summed E-state index contributed by atoms with van der Waals surface area (Å²) in [6.45, 7) is 2.18. The van der Waals surface area contributed by atoms with Crippen LogP contribution in [0.15, 0.2) is 84.9 Å². The van der Waals surface area contributed by atoms with Gasteiger partial charge in [0.2, 0.25) is 0 Å². The lowest BCUT2D eigenvalue weighted by Crippen LogP contribution is -2.38. The van der Waals surface area contributed by atoms with E-state index in [1.165, 1.54) is 35.4 Å². The van der Waals surface area contributed by atoms with Crippen molar-refractivity contribution in [2.75, 3.05) is 26.2 Å². The number of β-amino-alcohol motifs (C(OH)–C–C–N with tert-alkyl or cyclic N) is 1. The van der Waals surface area contributed by atoms with Gasteiger partial charge in [0, 0.05) is 30.8 Å². The van der Waals surface area contributed by atoms with E-state index in [0.717, 1.165) is 31.6 Å². The minimum atomic E-state index is -4.51. The Balaban J connectivity index is 1.27. The summed E-state index contributed by atoms with van der Waals surface area (Å²) >= 11 is 0. The highest BCUT2D eigenvalue weighted by molar-refractivity contribution is 6.09. The zero-order chi connectivity index (χ0) is 24.8. The molecular weight excluding hydrogens is 455 g/mol. The van der Waals surface area contributed by atoms with Gasteiger partial charge in [0.15, 0.2) is 5.78 Å². The van der Waals surface area contributed by atoms with Crippen LogP contribution in [0.2, 0.25) is 0 Å². The van der Waals surface area contributed by atoms with Crippen LogP contribution in [0.3, 0.4) is 0 Å². The Hall–Kier alpha value is -3.42. The van der Waals surface area contributed by atoms with Gasteiger partial charge < -0.3 is 9.84 Å². The molecule has 1 unspecified atom stereocenters. The van der Waals surface area contributed by atoms with Gasteiger partial charge in [0.25, 0.3) is 0 Å². The van der Waals surface area contributed by atoms with Crippen LogP contribution in [0, 0.1) is 0 Å². The van der Waals surface area contributed by atoms with Gasteiger partial charge in [-0.3, -0.25) is 9.69 Å². The molecular formula is C28H26F3NO3. The maximum absolute atomic E-state index is 12.9. The van der Waals surface area contributed by atoms with Crippen LogP contribution in [0.1, 0.15) is 33.5 Å². The third-order valence-corrected chi connectivity index (χ3v) is 5.92. The summed E-state index contributed by atoms with van der Waals surface area (Å²) < 4.78 is 44.4. The predicted molar refractivity (Wildman–Crippen MR) is 128 cm³/mol. The molecule has 1 atom stereocenters. The van der Waals surface area contributed by atoms with E-state index in [4.69, 9.17) is 4.74 Å². The van der Waals surface area contributed by atoms with Gasteiger partial charge in [0.05, 0.1) is 5.56 Å². The number of alkyl halides is 3. The van der Waals surface area contributed by atoms with Crippen LogP contribution in [-0.2, 0) is 6.18 Å². The fourth-order valence-corrected chi connectivity index (χ4v) is 4.04. The maximum atomic E-state index is 12.9. The Bertz CT molecular complexity index is 1170. The molecule has 0 aliphatic carbocycles. The van der Waals surface area contributed by atoms with Crippen molar-refractivity contribution in [3.8, 4) is 5.75 Å². The maximum Gasteiger partial charge on any atom is 0.416 e. The summed E-state index contributed by atoms with van der Waals surface area (Å²) in [6.07, 6.45) is -2.09. The molecule has 0 bridgehead atoms. The number of ketones is 1. The molecule has 7 heteroatoms. The molecule has 0 aromatic heterocycles. The number of aliphatic hydroxyl groups is 1. The number of carbonyl (C=O) groups is 1. The number of benzene rings is 3. The van der Waals surface area contributed by atoms with Crippen molar-refractivity contribution >= 4 is 11.4 Å². The molecule has 0 radical (unpaired) electrons. The Morgan fingerprint density at radius 2 is 1.71 bits per heavy atom. The quantitative estimate of drug-likeness (QED) is 0.434. The summed E-state index contributed by atoms with van der Waals surface area (Å²) in [5.74, 6) is -0.0368. The van der Waals surface area contributed by atoms with Crippen molar-refractivity contribution in [3.63, 3.8) is 0 Å². The lowest BCUT2D eigenvalue weighted by Gasteiger charge is -2.28.